The molecule has 190 valence electrons. The molecule has 2 heterocycles. The largest absolute Gasteiger partial charge is 0.493 e. The lowest BCUT2D eigenvalue weighted by Gasteiger charge is -2.29. The molecule has 1 amide bonds. The highest BCUT2D eigenvalue weighted by Crippen LogP contribution is 2.40. The number of anilines is 2. The average Bonchev–Trinajstić information content (AvgIpc) is 3.29. The van der Waals surface area contributed by atoms with E-state index in [1.807, 2.05) is 55.5 Å². The standard InChI is InChI=1S/C27H33N5O3S/c1-5-7-16-36-27-30-26-28-18(3)23(25(33)29-20-11-9-8-10-12-20)24(32(26)31-27)19-13-14-21(35-15-6-2)22(17-19)34-4/h8-14,17,24H,5-7,15-16H2,1-4H3,(H,29,33)(H,28,30,31). The predicted molar refractivity (Wildman–Crippen MR) is 144 cm³/mol. The molecule has 0 radical (unpaired) electrons. The van der Waals surface area contributed by atoms with Gasteiger partial charge in [0, 0.05) is 17.1 Å². The molecule has 9 heteroatoms. The van der Waals surface area contributed by atoms with Crippen LogP contribution in [0.15, 0.2) is 65.0 Å². The first-order valence-corrected chi connectivity index (χ1v) is 13.3. The van der Waals surface area contributed by atoms with E-state index in [-0.39, 0.29) is 5.91 Å². The number of para-hydroxylation sites is 1. The maximum Gasteiger partial charge on any atom is 0.255 e. The number of methoxy groups -OCH3 is 1. The van der Waals surface area contributed by atoms with Gasteiger partial charge in [0.25, 0.3) is 5.91 Å². The van der Waals surface area contributed by atoms with Gasteiger partial charge in [0.05, 0.1) is 19.3 Å². The summed E-state index contributed by atoms with van der Waals surface area (Å²) in [5.74, 6) is 2.62. The molecule has 0 saturated heterocycles. The minimum absolute atomic E-state index is 0.206. The van der Waals surface area contributed by atoms with Gasteiger partial charge in [-0.15, -0.1) is 5.10 Å². The van der Waals surface area contributed by atoms with Crippen LogP contribution in [0.5, 0.6) is 11.5 Å². The number of rotatable bonds is 11. The summed E-state index contributed by atoms with van der Waals surface area (Å²) < 4.78 is 13.3. The summed E-state index contributed by atoms with van der Waals surface area (Å²) in [7, 11) is 1.62. The quantitative estimate of drug-likeness (QED) is 0.247. The van der Waals surface area contributed by atoms with Crippen molar-refractivity contribution in [2.24, 2.45) is 0 Å². The first-order chi connectivity index (χ1) is 17.5. The summed E-state index contributed by atoms with van der Waals surface area (Å²) in [5, 5.41) is 11.8. The number of carbonyl (C=O) groups is 1. The third-order valence-electron chi connectivity index (χ3n) is 5.80. The van der Waals surface area contributed by atoms with Crippen LogP contribution in [0.3, 0.4) is 0 Å². The van der Waals surface area contributed by atoms with E-state index in [0.29, 0.717) is 34.8 Å². The molecule has 4 rings (SSSR count). The molecular weight excluding hydrogens is 474 g/mol. The number of thioether (sulfide) groups is 1. The number of nitrogens with zero attached hydrogens (tertiary/aromatic N) is 3. The van der Waals surface area contributed by atoms with Gasteiger partial charge in [-0.3, -0.25) is 4.79 Å². The molecular formula is C27H33N5O3S. The Morgan fingerprint density at radius 3 is 2.67 bits per heavy atom. The van der Waals surface area contributed by atoms with Crippen LogP contribution in [0, 0.1) is 0 Å². The molecule has 1 aliphatic rings. The van der Waals surface area contributed by atoms with Gasteiger partial charge in [-0.25, -0.2) is 4.68 Å². The Morgan fingerprint density at radius 1 is 1.14 bits per heavy atom. The summed E-state index contributed by atoms with van der Waals surface area (Å²) in [5.41, 5.74) is 2.86. The summed E-state index contributed by atoms with van der Waals surface area (Å²) in [4.78, 5) is 18.3. The lowest BCUT2D eigenvalue weighted by Crippen LogP contribution is -2.31. The van der Waals surface area contributed by atoms with E-state index in [0.717, 1.165) is 42.0 Å². The number of ether oxygens (including phenoxy) is 2. The second kappa shape index (κ2) is 12.0. The van der Waals surface area contributed by atoms with Gasteiger partial charge in [-0.2, -0.15) is 4.98 Å². The molecule has 2 N–H and O–H groups in total. The first-order valence-electron chi connectivity index (χ1n) is 12.3. The first kappa shape index (κ1) is 25.6. The number of amides is 1. The van der Waals surface area contributed by atoms with Crippen LogP contribution in [-0.4, -0.2) is 40.1 Å². The molecule has 1 unspecified atom stereocenters. The molecule has 0 bridgehead atoms. The smallest absolute Gasteiger partial charge is 0.255 e. The SMILES string of the molecule is CCCCSc1nc2n(n1)C(c1ccc(OCCC)c(OC)c1)C(C(=O)Nc1ccccc1)=C(C)N2. The van der Waals surface area contributed by atoms with E-state index >= 15 is 0 Å². The van der Waals surface area contributed by atoms with Crippen molar-refractivity contribution in [1.82, 2.24) is 14.8 Å². The van der Waals surface area contributed by atoms with Crippen LogP contribution in [0.25, 0.3) is 0 Å². The van der Waals surface area contributed by atoms with Crippen LogP contribution in [0.2, 0.25) is 0 Å². The van der Waals surface area contributed by atoms with Crippen molar-refractivity contribution in [3.8, 4) is 11.5 Å². The molecule has 0 saturated carbocycles. The topological polar surface area (TPSA) is 90.3 Å². The molecule has 1 aliphatic heterocycles. The fourth-order valence-electron chi connectivity index (χ4n) is 4.01. The van der Waals surface area contributed by atoms with E-state index < -0.39 is 6.04 Å². The number of benzene rings is 2. The van der Waals surface area contributed by atoms with Crippen molar-refractivity contribution in [3.63, 3.8) is 0 Å². The lowest BCUT2D eigenvalue weighted by molar-refractivity contribution is -0.113. The van der Waals surface area contributed by atoms with Gasteiger partial charge in [-0.05, 0) is 49.6 Å². The zero-order valence-corrected chi connectivity index (χ0v) is 22.0. The molecule has 0 aliphatic carbocycles. The molecule has 3 aromatic rings. The molecule has 0 spiro atoms. The van der Waals surface area contributed by atoms with Crippen molar-refractivity contribution < 1.29 is 14.3 Å². The van der Waals surface area contributed by atoms with Gasteiger partial charge in [0.2, 0.25) is 11.1 Å². The highest BCUT2D eigenvalue weighted by molar-refractivity contribution is 7.99. The Labute approximate surface area is 216 Å². The van der Waals surface area contributed by atoms with Gasteiger partial charge >= 0.3 is 0 Å². The van der Waals surface area contributed by atoms with Crippen molar-refractivity contribution in [3.05, 3.63) is 65.4 Å². The summed E-state index contributed by atoms with van der Waals surface area (Å²) >= 11 is 1.62. The zero-order valence-electron chi connectivity index (χ0n) is 21.2. The Bertz CT molecular complexity index is 1230. The van der Waals surface area contributed by atoms with E-state index in [1.165, 1.54) is 0 Å². The lowest BCUT2D eigenvalue weighted by atomic mass is 9.94. The number of allylic oxidation sites excluding steroid dienone is 1. The Kier molecular flexibility index (Phi) is 8.53. The molecule has 1 atom stereocenters. The molecule has 36 heavy (non-hydrogen) atoms. The maximum absolute atomic E-state index is 13.6. The Morgan fingerprint density at radius 2 is 1.94 bits per heavy atom. The van der Waals surface area contributed by atoms with Crippen LogP contribution in [-0.2, 0) is 4.79 Å². The fraction of sp³-hybridized carbons (Fsp3) is 0.370. The van der Waals surface area contributed by atoms with E-state index in [4.69, 9.17) is 19.6 Å². The normalized spacial score (nSPS) is 14.7. The van der Waals surface area contributed by atoms with Gasteiger partial charge in [0.15, 0.2) is 11.5 Å². The molecule has 8 nitrogen and oxygen atoms in total. The number of aromatic nitrogens is 3. The minimum Gasteiger partial charge on any atom is -0.493 e. The van der Waals surface area contributed by atoms with E-state index in [9.17, 15) is 4.79 Å². The van der Waals surface area contributed by atoms with Crippen molar-refractivity contribution in [1.29, 1.82) is 0 Å². The molecule has 0 fully saturated rings. The minimum atomic E-state index is -0.493. The van der Waals surface area contributed by atoms with E-state index in [1.54, 1.807) is 23.6 Å². The van der Waals surface area contributed by atoms with Crippen molar-refractivity contribution >= 4 is 29.3 Å². The van der Waals surface area contributed by atoms with Gasteiger partial charge in [0.1, 0.15) is 6.04 Å². The van der Waals surface area contributed by atoms with Crippen LogP contribution < -0.4 is 20.1 Å². The number of hydrogen-bond acceptors (Lipinski definition) is 7. The summed E-state index contributed by atoms with van der Waals surface area (Å²) in [6.45, 7) is 6.71. The highest BCUT2D eigenvalue weighted by atomic mass is 32.2. The fourth-order valence-corrected chi connectivity index (χ4v) is 4.92. The Hall–Kier alpha value is -3.46. The Balaban J connectivity index is 1.75. The van der Waals surface area contributed by atoms with Crippen molar-refractivity contribution in [2.75, 3.05) is 30.1 Å². The van der Waals surface area contributed by atoms with E-state index in [2.05, 4.69) is 24.5 Å². The number of hydrogen-bond donors (Lipinski definition) is 2. The average molecular weight is 508 g/mol. The summed E-state index contributed by atoms with van der Waals surface area (Å²) in [6, 6.07) is 14.7. The third-order valence-corrected chi connectivity index (χ3v) is 6.73. The van der Waals surface area contributed by atoms with Gasteiger partial charge < -0.3 is 20.1 Å². The second-order valence-electron chi connectivity index (χ2n) is 8.51. The van der Waals surface area contributed by atoms with Crippen molar-refractivity contribution in [2.45, 2.75) is 51.2 Å². The predicted octanol–water partition coefficient (Wildman–Crippen LogP) is 5.90. The molecule has 2 aromatic carbocycles. The maximum atomic E-state index is 13.6. The zero-order chi connectivity index (χ0) is 25.5. The van der Waals surface area contributed by atoms with Crippen LogP contribution in [0.1, 0.15) is 51.6 Å². The second-order valence-corrected chi connectivity index (χ2v) is 9.57. The number of fused-ring (bicyclic) bond motifs is 1. The number of unbranched alkanes of at least 4 members (excludes halogenated alkanes) is 1. The van der Waals surface area contributed by atoms with Gasteiger partial charge in [-0.1, -0.05) is 56.3 Å². The molecule has 1 aromatic heterocycles. The van der Waals surface area contributed by atoms with Crippen LogP contribution >= 0.6 is 11.8 Å². The highest BCUT2D eigenvalue weighted by Gasteiger charge is 2.35. The number of nitrogens with one attached hydrogen (secondary N) is 2. The third kappa shape index (κ3) is 5.67. The van der Waals surface area contributed by atoms with Crippen LogP contribution in [0.4, 0.5) is 11.6 Å². The summed E-state index contributed by atoms with van der Waals surface area (Å²) in [6.07, 6.45) is 3.09. The number of carbonyl (C=O) groups excluding carboxylic acids is 1. The monoisotopic (exact) mass is 507 g/mol.